The number of hydrogen-bond acceptors (Lipinski definition) is 1. The minimum Gasteiger partial charge on any atom is -0.384 e. The molecule has 90 valence electrons. The maximum atomic E-state index is 13.9. The van der Waals surface area contributed by atoms with Crippen molar-refractivity contribution in [1.82, 2.24) is 0 Å². The first-order chi connectivity index (χ1) is 7.16. The molecule has 0 amide bonds. The highest BCUT2D eigenvalue weighted by atomic mass is 19.3. The van der Waals surface area contributed by atoms with E-state index in [4.69, 9.17) is 0 Å². The van der Waals surface area contributed by atoms with Crippen LogP contribution < -0.4 is 0 Å². The van der Waals surface area contributed by atoms with E-state index in [1.165, 1.54) is 12.1 Å². The lowest BCUT2D eigenvalue weighted by Gasteiger charge is -2.29. The summed E-state index contributed by atoms with van der Waals surface area (Å²) in [4.78, 5) is 0. The fourth-order valence-corrected chi connectivity index (χ4v) is 1.45. The SMILES string of the molecule is CC(C)c1cccc(C(F)(F)C(C)(C)O)c1. The van der Waals surface area contributed by atoms with Crippen molar-refractivity contribution in [3.63, 3.8) is 0 Å². The summed E-state index contributed by atoms with van der Waals surface area (Å²) in [5.74, 6) is -3.05. The fraction of sp³-hybridized carbons (Fsp3) is 0.538. The van der Waals surface area contributed by atoms with Crippen molar-refractivity contribution in [3.8, 4) is 0 Å². The van der Waals surface area contributed by atoms with Crippen molar-refractivity contribution in [2.45, 2.75) is 45.1 Å². The average molecular weight is 228 g/mol. The summed E-state index contributed by atoms with van der Waals surface area (Å²) < 4.78 is 27.7. The zero-order valence-corrected chi connectivity index (χ0v) is 10.1. The van der Waals surface area contributed by atoms with Crippen molar-refractivity contribution in [1.29, 1.82) is 0 Å². The molecule has 16 heavy (non-hydrogen) atoms. The van der Waals surface area contributed by atoms with Crippen molar-refractivity contribution in [2.75, 3.05) is 0 Å². The molecule has 1 rings (SSSR count). The Kier molecular flexibility index (Phi) is 3.38. The molecule has 0 aliphatic carbocycles. The third-order valence-electron chi connectivity index (χ3n) is 2.68. The van der Waals surface area contributed by atoms with Crippen LogP contribution in [0.4, 0.5) is 8.78 Å². The van der Waals surface area contributed by atoms with E-state index < -0.39 is 11.5 Å². The van der Waals surface area contributed by atoms with Crippen molar-refractivity contribution >= 4 is 0 Å². The van der Waals surface area contributed by atoms with Gasteiger partial charge in [-0.3, -0.25) is 0 Å². The number of rotatable bonds is 3. The molecule has 0 aliphatic heterocycles. The lowest BCUT2D eigenvalue weighted by molar-refractivity contribution is -0.168. The van der Waals surface area contributed by atoms with Crippen molar-refractivity contribution < 1.29 is 13.9 Å². The smallest absolute Gasteiger partial charge is 0.300 e. The Morgan fingerprint density at radius 3 is 2.19 bits per heavy atom. The zero-order chi connectivity index (χ0) is 12.6. The molecule has 0 aliphatic rings. The van der Waals surface area contributed by atoms with Crippen LogP contribution in [0.2, 0.25) is 0 Å². The van der Waals surface area contributed by atoms with Crippen LogP contribution in [0.5, 0.6) is 0 Å². The van der Waals surface area contributed by atoms with Gasteiger partial charge in [0, 0.05) is 5.56 Å². The Hall–Kier alpha value is -0.960. The molecule has 0 radical (unpaired) electrons. The summed E-state index contributed by atoms with van der Waals surface area (Å²) >= 11 is 0. The average Bonchev–Trinajstić information content (AvgIpc) is 2.16. The van der Waals surface area contributed by atoms with Crippen LogP contribution in [-0.4, -0.2) is 10.7 Å². The highest BCUT2D eigenvalue weighted by Crippen LogP contribution is 2.39. The highest BCUT2D eigenvalue weighted by Gasteiger charge is 2.46. The Morgan fingerprint density at radius 1 is 1.19 bits per heavy atom. The predicted molar refractivity (Wildman–Crippen MR) is 60.7 cm³/mol. The first kappa shape index (κ1) is 13.1. The molecular formula is C13H18F2O. The second-order valence-electron chi connectivity index (χ2n) is 4.91. The first-order valence-corrected chi connectivity index (χ1v) is 5.37. The molecule has 1 N–H and O–H groups in total. The second-order valence-corrected chi connectivity index (χ2v) is 4.91. The summed E-state index contributed by atoms with van der Waals surface area (Å²) in [6.07, 6.45) is 0. The van der Waals surface area contributed by atoms with Gasteiger partial charge in [0.25, 0.3) is 0 Å². The van der Waals surface area contributed by atoms with E-state index >= 15 is 0 Å². The van der Waals surface area contributed by atoms with Gasteiger partial charge in [0.15, 0.2) is 0 Å². The first-order valence-electron chi connectivity index (χ1n) is 5.37. The van der Waals surface area contributed by atoms with E-state index in [0.717, 1.165) is 19.4 Å². The molecule has 0 unspecified atom stereocenters. The van der Waals surface area contributed by atoms with Gasteiger partial charge in [0.2, 0.25) is 0 Å². The number of benzene rings is 1. The minimum absolute atomic E-state index is 0.133. The Bertz CT molecular complexity index is 364. The number of halogens is 2. The van der Waals surface area contributed by atoms with Crippen LogP contribution in [0, 0.1) is 0 Å². The minimum atomic E-state index is -3.24. The third-order valence-corrected chi connectivity index (χ3v) is 2.68. The third kappa shape index (κ3) is 2.40. The number of aliphatic hydroxyl groups is 1. The van der Waals surface area contributed by atoms with Gasteiger partial charge in [-0.1, -0.05) is 32.0 Å². The molecule has 0 saturated heterocycles. The summed E-state index contributed by atoms with van der Waals surface area (Å²) in [5, 5.41) is 9.48. The van der Waals surface area contributed by atoms with Crippen LogP contribution in [-0.2, 0) is 5.92 Å². The Labute approximate surface area is 95.1 Å². The van der Waals surface area contributed by atoms with Gasteiger partial charge in [-0.15, -0.1) is 0 Å². The van der Waals surface area contributed by atoms with Gasteiger partial charge in [-0.05, 0) is 31.4 Å². The molecule has 0 fully saturated rings. The molecule has 1 aromatic carbocycles. The molecule has 1 aromatic rings. The largest absolute Gasteiger partial charge is 0.384 e. The van der Waals surface area contributed by atoms with Crippen LogP contribution in [0.1, 0.15) is 44.7 Å². The van der Waals surface area contributed by atoms with E-state index in [1.54, 1.807) is 6.07 Å². The quantitative estimate of drug-likeness (QED) is 0.836. The Morgan fingerprint density at radius 2 is 1.75 bits per heavy atom. The van der Waals surface area contributed by atoms with E-state index in [0.29, 0.717) is 0 Å². The van der Waals surface area contributed by atoms with Crippen molar-refractivity contribution in [2.24, 2.45) is 0 Å². The summed E-state index contributed by atoms with van der Waals surface area (Å²) in [5.41, 5.74) is -1.34. The summed E-state index contributed by atoms with van der Waals surface area (Å²) in [6, 6.07) is 6.23. The molecule has 0 saturated carbocycles. The van der Waals surface area contributed by atoms with E-state index in [1.807, 2.05) is 19.9 Å². The monoisotopic (exact) mass is 228 g/mol. The molecule has 0 bridgehead atoms. The second kappa shape index (κ2) is 4.13. The molecule has 0 heterocycles. The van der Waals surface area contributed by atoms with Crippen LogP contribution in [0.15, 0.2) is 24.3 Å². The van der Waals surface area contributed by atoms with Gasteiger partial charge in [-0.25, -0.2) is 0 Å². The van der Waals surface area contributed by atoms with Gasteiger partial charge in [0.1, 0.15) is 5.60 Å². The maximum absolute atomic E-state index is 13.9. The topological polar surface area (TPSA) is 20.2 Å². The van der Waals surface area contributed by atoms with Crippen LogP contribution in [0.25, 0.3) is 0 Å². The standard InChI is InChI=1S/C13H18F2O/c1-9(2)10-6-5-7-11(8-10)13(14,15)12(3,4)16/h5-9,16H,1-4H3. The summed E-state index contributed by atoms with van der Waals surface area (Å²) in [6.45, 7) is 6.13. The van der Waals surface area contributed by atoms with Crippen LogP contribution in [0.3, 0.4) is 0 Å². The fourth-order valence-electron chi connectivity index (χ4n) is 1.45. The molecular weight excluding hydrogens is 210 g/mol. The number of hydrogen-bond donors (Lipinski definition) is 1. The lowest BCUT2D eigenvalue weighted by atomic mass is 9.91. The molecule has 0 spiro atoms. The normalized spacial score (nSPS) is 13.2. The highest BCUT2D eigenvalue weighted by molar-refractivity contribution is 5.30. The predicted octanol–water partition coefficient (Wildman–Crippen LogP) is 3.67. The van der Waals surface area contributed by atoms with Gasteiger partial charge in [-0.2, -0.15) is 8.78 Å². The molecule has 0 atom stereocenters. The molecule has 1 nitrogen and oxygen atoms in total. The molecule has 3 heteroatoms. The maximum Gasteiger partial charge on any atom is 0.300 e. The zero-order valence-electron chi connectivity index (χ0n) is 10.1. The lowest BCUT2D eigenvalue weighted by Crippen LogP contribution is -2.40. The number of alkyl halides is 2. The summed E-state index contributed by atoms with van der Waals surface area (Å²) in [7, 11) is 0. The van der Waals surface area contributed by atoms with Crippen molar-refractivity contribution in [3.05, 3.63) is 35.4 Å². The Balaban J connectivity index is 3.19. The van der Waals surface area contributed by atoms with E-state index in [9.17, 15) is 13.9 Å². The molecule has 0 aromatic heterocycles. The van der Waals surface area contributed by atoms with Gasteiger partial charge < -0.3 is 5.11 Å². The van der Waals surface area contributed by atoms with Gasteiger partial charge in [0.05, 0.1) is 0 Å². The van der Waals surface area contributed by atoms with Crippen LogP contribution >= 0.6 is 0 Å². The van der Waals surface area contributed by atoms with Gasteiger partial charge >= 0.3 is 5.92 Å². The van der Waals surface area contributed by atoms with E-state index in [-0.39, 0.29) is 11.5 Å². The van der Waals surface area contributed by atoms with E-state index in [2.05, 4.69) is 0 Å².